The summed E-state index contributed by atoms with van der Waals surface area (Å²) in [5, 5.41) is 3.19. The Kier molecular flexibility index (Phi) is 9.21. The lowest BCUT2D eigenvalue weighted by Crippen LogP contribution is -2.26. The molecule has 1 aliphatic rings. The third kappa shape index (κ3) is 5.90. The van der Waals surface area contributed by atoms with Crippen LogP contribution in [0.1, 0.15) is 57.6 Å². The molecule has 0 spiro atoms. The summed E-state index contributed by atoms with van der Waals surface area (Å²) >= 11 is 0. The van der Waals surface area contributed by atoms with Crippen molar-refractivity contribution in [2.24, 2.45) is 0 Å². The molecule has 0 saturated carbocycles. The molecule has 1 N–H and O–H groups in total. The Bertz CT molecular complexity index is 358. The van der Waals surface area contributed by atoms with Gasteiger partial charge in [-0.2, -0.15) is 13.2 Å². The second-order valence-electron chi connectivity index (χ2n) is 4.03. The van der Waals surface area contributed by atoms with Crippen LogP contribution < -0.4 is 5.32 Å². The number of hydrogen-bond donors (Lipinski definition) is 1. The van der Waals surface area contributed by atoms with E-state index in [2.05, 4.69) is 10.3 Å². The minimum atomic E-state index is -4.30. The third-order valence-corrected chi connectivity index (χ3v) is 2.90. The highest BCUT2D eigenvalue weighted by molar-refractivity contribution is 5.24. The van der Waals surface area contributed by atoms with E-state index in [4.69, 9.17) is 0 Å². The number of alkyl halides is 3. The van der Waals surface area contributed by atoms with Crippen LogP contribution in [0.4, 0.5) is 13.2 Å². The van der Waals surface area contributed by atoms with Gasteiger partial charge < -0.3 is 5.32 Å². The fourth-order valence-electron chi connectivity index (χ4n) is 1.99. The molecule has 5 heteroatoms. The van der Waals surface area contributed by atoms with E-state index in [1.54, 1.807) is 6.20 Å². The minimum Gasteiger partial charge on any atom is -0.317 e. The van der Waals surface area contributed by atoms with E-state index >= 15 is 0 Å². The fraction of sp³-hybridized carbons (Fsp3) is 0.667. The molecule has 1 aromatic rings. The second-order valence-corrected chi connectivity index (χ2v) is 4.03. The minimum absolute atomic E-state index is 0.205. The molecule has 1 fully saturated rings. The SMILES string of the molecule is CC.CC.FC(F)(F)c1cncc(C2CCNCC2)c1. The average Bonchev–Trinajstić information content (AvgIpc) is 2.51. The zero-order valence-corrected chi connectivity index (χ0v) is 12.7. The van der Waals surface area contributed by atoms with Gasteiger partial charge in [-0.05, 0) is 43.5 Å². The second kappa shape index (κ2) is 9.75. The van der Waals surface area contributed by atoms with E-state index in [-0.39, 0.29) is 5.92 Å². The van der Waals surface area contributed by atoms with Gasteiger partial charge >= 0.3 is 6.18 Å². The topological polar surface area (TPSA) is 24.9 Å². The smallest absolute Gasteiger partial charge is 0.317 e. The van der Waals surface area contributed by atoms with Gasteiger partial charge in [-0.15, -0.1) is 0 Å². The molecule has 1 aromatic heterocycles. The molecule has 0 atom stereocenters. The molecule has 1 aliphatic heterocycles. The Labute approximate surface area is 119 Å². The Balaban J connectivity index is 0.000000829. The molecule has 2 heterocycles. The number of piperidine rings is 1. The van der Waals surface area contributed by atoms with Gasteiger partial charge in [-0.3, -0.25) is 4.98 Å². The van der Waals surface area contributed by atoms with Crippen molar-refractivity contribution in [3.05, 3.63) is 29.6 Å². The van der Waals surface area contributed by atoms with Gasteiger partial charge in [-0.1, -0.05) is 27.7 Å². The molecular weight excluding hydrogens is 265 g/mol. The summed E-state index contributed by atoms with van der Waals surface area (Å²) < 4.78 is 37.4. The van der Waals surface area contributed by atoms with Crippen molar-refractivity contribution in [1.29, 1.82) is 0 Å². The van der Waals surface area contributed by atoms with Gasteiger partial charge in [0.15, 0.2) is 0 Å². The first kappa shape index (κ1) is 18.9. The van der Waals surface area contributed by atoms with Crippen LogP contribution in [-0.4, -0.2) is 18.1 Å². The number of hydrogen-bond acceptors (Lipinski definition) is 2. The maximum absolute atomic E-state index is 12.5. The summed E-state index contributed by atoms with van der Waals surface area (Å²) in [6.45, 7) is 9.72. The van der Waals surface area contributed by atoms with Crippen LogP contribution in [0, 0.1) is 0 Å². The molecule has 0 aromatic carbocycles. The predicted octanol–water partition coefficient (Wildman–Crippen LogP) is 4.62. The Morgan fingerprint density at radius 3 is 2.10 bits per heavy atom. The number of nitrogens with zero attached hydrogens (tertiary/aromatic N) is 1. The van der Waals surface area contributed by atoms with Crippen LogP contribution in [0.25, 0.3) is 0 Å². The first-order valence-corrected chi connectivity index (χ1v) is 7.30. The molecule has 0 aliphatic carbocycles. The van der Waals surface area contributed by atoms with Gasteiger partial charge in [-0.25, -0.2) is 0 Å². The van der Waals surface area contributed by atoms with E-state index in [0.717, 1.165) is 32.1 Å². The number of rotatable bonds is 1. The first-order chi connectivity index (χ1) is 9.57. The molecular formula is C15H25F3N2. The maximum atomic E-state index is 12.5. The van der Waals surface area contributed by atoms with Crippen LogP contribution in [0.15, 0.2) is 18.5 Å². The molecule has 0 unspecified atom stereocenters. The van der Waals surface area contributed by atoms with Crippen LogP contribution in [0.3, 0.4) is 0 Å². The van der Waals surface area contributed by atoms with E-state index in [0.29, 0.717) is 5.56 Å². The fourth-order valence-corrected chi connectivity index (χ4v) is 1.99. The van der Waals surface area contributed by atoms with E-state index in [1.165, 1.54) is 6.07 Å². The highest BCUT2D eigenvalue weighted by Crippen LogP contribution is 2.32. The highest BCUT2D eigenvalue weighted by Gasteiger charge is 2.31. The van der Waals surface area contributed by atoms with Gasteiger partial charge in [0.25, 0.3) is 0 Å². The zero-order valence-electron chi connectivity index (χ0n) is 12.7. The lowest BCUT2D eigenvalue weighted by atomic mass is 9.91. The molecule has 1 saturated heterocycles. The third-order valence-electron chi connectivity index (χ3n) is 2.90. The van der Waals surface area contributed by atoms with Gasteiger partial charge in [0.05, 0.1) is 5.56 Å². The van der Waals surface area contributed by atoms with E-state index in [9.17, 15) is 13.2 Å². The van der Waals surface area contributed by atoms with E-state index < -0.39 is 11.7 Å². The maximum Gasteiger partial charge on any atom is 0.417 e. The van der Waals surface area contributed by atoms with Gasteiger partial charge in [0.2, 0.25) is 0 Å². The standard InChI is InChI=1S/C11H13F3N2.2C2H6/c12-11(13,14)10-5-9(6-16-7-10)8-1-3-15-4-2-8;2*1-2/h5-8,15H,1-4H2;2*1-2H3. The monoisotopic (exact) mass is 290 g/mol. The van der Waals surface area contributed by atoms with Crippen molar-refractivity contribution in [3.8, 4) is 0 Å². The van der Waals surface area contributed by atoms with Crippen LogP contribution in [-0.2, 0) is 6.18 Å². The number of nitrogens with one attached hydrogen (secondary N) is 1. The normalized spacial score (nSPS) is 15.6. The van der Waals surface area contributed by atoms with Gasteiger partial charge in [0, 0.05) is 12.4 Å². The van der Waals surface area contributed by atoms with Gasteiger partial charge in [0.1, 0.15) is 0 Å². The molecule has 2 nitrogen and oxygen atoms in total. The van der Waals surface area contributed by atoms with Crippen molar-refractivity contribution in [2.75, 3.05) is 13.1 Å². The van der Waals surface area contributed by atoms with Crippen molar-refractivity contribution < 1.29 is 13.2 Å². The summed E-state index contributed by atoms with van der Waals surface area (Å²) in [6, 6.07) is 1.23. The number of halogens is 3. The molecule has 2 rings (SSSR count). The van der Waals surface area contributed by atoms with Crippen LogP contribution >= 0.6 is 0 Å². The Morgan fingerprint density at radius 2 is 1.60 bits per heavy atom. The summed E-state index contributed by atoms with van der Waals surface area (Å²) in [7, 11) is 0. The predicted molar refractivity (Wildman–Crippen MR) is 76.8 cm³/mol. The van der Waals surface area contributed by atoms with Crippen molar-refractivity contribution in [1.82, 2.24) is 10.3 Å². The molecule has 116 valence electrons. The van der Waals surface area contributed by atoms with Crippen molar-refractivity contribution >= 4 is 0 Å². The number of aromatic nitrogens is 1. The molecule has 0 radical (unpaired) electrons. The summed E-state index contributed by atoms with van der Waals surface area (Å²) in [5.74, 6) is 0.205. The largest absolute Gasteiger partial charge is 0.417 e. The van der Waals surface area contributed by atoms with Crippen molar-refractivity contribution in [3.63, 3.8) is 0 Å². The van der Waals surface area contributed by atoms with Crippen LogP contribution in [0.2, 0.25) is 0 Å². The quantitative estimate of drug-likeness (QED) is 0.816. The summed E-state index contributed by atoms with van der Waals surface area (Å²) in [5.41, 5.74) is 0.0554. The average molecular weight is 290 g/mol. The Morgan fingerprint density at radius 1 is 1.05 bits per heavy atom. The molecule has 0 bridgehead atoms. The first-order valence-electron chi connectivity index (χ1n) is 7.30. The Hall–Kier alpha value is -1.10. The lowest BCUT2D eigenvalue weighted by molar-refractivity contribution is -0.137. The van der Waals surface area contributed by atoms with Crippen LogP contribution in [0.5, 0.6) is 0 Å². The lowest BCUT2D eigenvalue weighted by Gasteiger charge is -2.23. The summed E-state index contributed by atoms with van der Waals surface area (Å²) in [4.78, 5) is 3.69. The van der Waals surface area contributed by atoms with E-state index in [1.807, 2.05) is 27.7 Å². The van der Waals surface area contributed by atoms with Crippen molar-refractivity contribution in [2.45, 2.75) is 52.6 Å². The number of pyridine rings is 1. The molecule has 0 amide bonds. The molecule has 20 heavy (non-hydrogen) atoms. The summed E-state index contributed by atoms with van der Waals surface area (Å²) in [6.07, 6.45) is -0.113. The zero-order chi connectivity index (χ0) is 15.6. The highest BCUT2D eigenvalue weighted by atomic mass is 19.4.